The first-order chi connectivity index (χ1) is 12.9. The maximum Gasteiger partial charge on any atom is 0.281 e. The molecular formula is C18H9BrCl2N4O2. The molecule has 0 saturated carbocycles. The summed E-state index contributed by atoms with van der Waals surface area (Å²) < 4.78 is 1.51. The Bertz CT molecular complexity index is 1100. The molecule has 0 fully saturated rings. The van der Waals surface area contributed by atoms with Crippen molar-refractivity contribution in [3.05, 3.63) is 79.9 Å². The Balaban J connectivity index is 2.01. The molecule has 1 aromatic heterocycles. The van der Waals surface area contributed by atoms with Gasteiger partial charge >= 0.3 is 0 Å². The highest BCUT2D eigenvalue weighted by Gasteiger charge is 2.22. The van der Waals surface area contributed by atoms with Gasteiger partial charge in [-0.1, -0.05) is 35.3 Å². The van der Waals surface area contributed by atoms with Crippen molar-refractivity contribution in [2.45, 2.75) is 0 Å². The molecule has 0 bridgehead atoms. The Morgan fingerprint density at radius 2 is 1.89 bits per heavy atom. The van der Waals surface area contributed by atoms with Crippen LogP contribution >= 0.6 is 39.1 Å². The summed E-state index contributed by atoms with van der Waals surface area (Å²) in [6.07, 6.45) is 1.20. The second kappa shape index (κ2) is 7.92. The summed E-state index contributed by atoms with van der Waals surface area (Å²) in [5.41, 5.74) is 0.456. The number of amides is 1. The number of nitrogens with zero attached hydrogens (tertiary/aromatic N) is 3. The topological polar surface area (TPSA) is 87.8 Å². The number of nitrogens with one attached hydrogen (secondary N) is 1. The molecule has 0 radical (unpaired) electrons. The molecule has 27 heavy (non-hydrogen) atoms. The van der Waals surface area contributed by atoms with E-state index in [2.05, 4.69) is 26.3 Å². The molecule has 0 aliphatic heterocycles. The van der Waals surface area contributed by atoms with E-state index < -0.39 is 11.8 Å². The first-order valence-corrected chi connectivity index (χ1v) is 9.01. The van der Waals surface area contributed by atoms with Crippen molar-refractivity contribution in [1.29, 1.82) is 5.26 Å². The quantitative estimate of drug-likeness (QED) is 0.606. The summed E-state index contributed by atoms with van der Waals surface area (Å²) in [6.45, 7) is 0. The zero-order valence-corrected chi connectivity index (χ0v) is 16.5. The highest BCUT2D eigenvalue weighted by Crippen LogP contribution is 2.24. The molecule has 0 unspecified atom stereocenters. The maximum atomic E-state index is 12.8. The van der Waals surface area contributed by atoms with Crippen molar-refractivity contribution in [3.63, 3.8) is 0 Å². The van der Waals surface area contributed by atoms with Crippen LogP contribution < -0.4 is 5.32 Å². The smallest absolute Gasteiger partial charge is 0.281 e. The number of halogens is 3. The molecule has 9 heteroatoms. The number of carbonyl (C=O) groups excluding carboxylic acids is 2. The number of carbonyl (C=O) groups is 2. The lowest BCUT2D eigenvalue weighted by Crippen LogP contribution is -2.21. The van der Waals surface area contributed by atoms with Crippen LogP contribution in [-0.2, 0) is 0 Å². The van der Waals surface area contributed by atoms with E-state index in [-0.39, 0.29) is 22.0 Å². The van der Waals surface area contributed by atoms with Gasteiger partial charge in [-0.05, 0) is 46.3 Å². The van der Waals surface area contributed by atoms with Crippen LogP contribution in [0.15, 0.2) is 53.1 Å². The van der Waals surface area contributed by atoms with E-state index >= 15 is 0 Å². The predicted molar refractivity (Wildman–Crippen MR) is 105 cm³/mol. The van der Waals surface area contributed by atoms with Crippen LogP contribution in [0.5, 0.6) is 0 Å². The van der Waals surface area contributed by atoms with Gasteiger partial charge in [0, 0.05) is 9.50 Å². The maximum absolute atomic E-state index is 12.8. The molecular weight excluding hydrogens is 455 g/mol. The van der Waals surface area contributed by atoms with Crippen molar-refractivity contribution in [2.24, 2.45) is 0 Å². The normalized spacial score (nSPS) is 10.3. The molecule has 3 aromatic rings. The van der Waals surface area contributed by atoms with Crippen LogP contribution in [0.3, 0.4) is 0 Å². The Labute approximate surface area is 172 Å². The van der Waals surface area contributed by atoms with Gasteiger partial charge in [0.15, 0.2) is 5.82 Å². The first kappa shape index (κ1) is 19.1. The summed E-state index contributed by atoms with van der Waals surface area (Å²) in [4.78, 5) is 25.4. The fourth-order valence-electron chi connectivity index (χ4n) is 2.30. The Morgan fingerprint density at radius 3 is 2.59 bits per heavy atom. The Kier molecular flexibility index (Phi) is 5.61. The lowest BCUT2D eigenvalue weighted by molar-refractivity contribution is 0.0946. The van der Waals surface area contributed by atoms with Gasteiger partial charge in [-0.25, -0.2) is 0 Å². The van der Waals surface area contributed by atoms with Gasteiger partial charge in [0.2, 0.25) is 0 Å². The summed E-state index contributed by atoms with van der Waals surface area (Å²) in [6, 6.07) is 13.1. The molecule has 1 heterocycles. The molecule has 134 valence electrons. The number of hydrogen-bond donors (Lipinski definition) is 1. The molecule has 6 nitrogen and oxygen atoms in total. The monoisotopic (exact) mass is 462 g/mol. The summed E-state index contributed by atoms with van der Waals surface area (Å²) in [5.74, 6) is -1.20. The molecule has 0 spiro atoms. The predicted octanol–water partition coefficient (Wildman–Crippen LogP) is 4.76. The average molecular weight is 464 g/mol. The van der Waals surface area contributed by atoms with E-state index in [1.807, 2.05) is 6.07 Å². The minimum atomic E-state index is -0.624. The fourth-order valence-corrected chi connectivity index (χ4v) is 3.13. The second-order valence-corrected chi connectivity index (χ2v) is 6.99. The Morgan fingerprint density at radius 1 is 1.15 bits per heavy atom. The lowest BCUT2D eigenvalue weighted by Gasteiger charge is -2.10. The largest absolute Gasteiger partial charge is 0.305 e. The molecule has 1 amide bonds. The number of hydrogen-bond acceptors (Lipinski definition) is 4. The lowest BCUT2D eigenvalue weighted by atomic mass is 10.2. The van der Waals surface area contributed by atoms with Crippen LogP contribution in [-0.4, -0.2) is 21.6 Å². The van der Waals surface area contributed by atoms with Gasteiger partial charge in [0.1, 0.15) is 11.6 Å². The molecule has 0 atom stereocenters. The van der Waals surface area contributed by atoms with Gasteiger partial charge in [-0.3, -0.25) is 9.59 Å². The van der Waals surface area contributed by atoms with Gasteiger partial charge in [-0.2, -0.15) is 15.0 Å². The van der Waals surface area contributed by atoms with Gasteiger partial charge < -0.3 is 5.32 Å². The minimum Gasteiger partial charge on any atom is -0.305 e. The van der Waals surface area contributed by atoms with Crippen molar-refractivity contribution in [1.82, 2.24) is 9.78 Å². The number of benzene rings is 2. The molecule has 2 aromatic carbocycles. The summed E-state index contributed by atoms with van der Waals surface area (Å²) in [5, 5.41) is 16.3. The van der Waals surface area contributed by atoms with Crippen molar-refractivity contribution < 1.29 is 9.59 Å². The van der Waals surface area contributed by atoms with Crippen LogP contribution in [0.25, 0.3) is 0 Å². The number of aromatic nitrogens is 2. The van der Waals surface area contributed by atoms with E-state index in [4.69, 9.17) is 23.2 Å². The third-order valence-electron chi connectivity index (χ3n) is 3.59. The average Bonchev–Trinajstić information content (AvgIpc) is 3.06. The zero-order valence-electron chi connectivity index (χ0n) is 13.4. The Hall–Kier alpha value is -2.66. The van der Waals surface area contributed by atoms with Crippen LogP contribution in [0.1, 0.15) is 26.3 Å². The number of nitriles is 1. The SMILES string of the molecule is N#Cc1cnn(C(=O)c2ccccc2Br)c1NC(=O)c1cc(Cl)ccc1Cl. The second-order valence-electron chi connectivity index (χ2n) is 5.29. The molecule has 0 aliphatic rings. The molecule has 0 aliphatic carbocycles. The van der Waals surface area contributed by atoms with Crippen molar-refractivity contribution in [3.8, 4) is 6.07 Å². The highest BCUT2D eigenvalue weighted by molar-refractivity contribution is 9.10. The van der Waals surface area contributed by atoms with E-state index in [9.17, 15) is 14.9 Å². The van der Waals surface area contributed by atoms with Crippen LogP contribution in [0.4, 0.5) is 5.82 Å². The van der Waals surface area contributed by atoms with E-state index in [0.29, 0.717) is 15.1 Å². The number of rotatable bonds is 3. The molecule has 0 saturated heterocycles. The van der Waals surface area contributed by atoms with Crippen LogP contribution in [0, 0.1) is 11.3 Å². The number of anilines is 1. The fraction of sp³-hybridized carbons (Fsp3) is 0. The molecule has 1 N–H and O–H groups in total. The van der Waals surface area contributed by atoms with Gasteiger partial charge in [0.05, 0.1) is 22.3 Å². The standard InChI is InChI=1S/C18H9BrCl2N4O2/c19-14-4-2-1-3-12(14)18(27)25-16(10(8-22)9-23-25)24-17(26)13-7-11(20)5-6-15(13)21/h1-7,9H,(H,24,26). The van der Waals surface area contributed by atoms with Gasteiger partial charge in [-0.15, -0.1) is 0 Å². The van der Waals surface area contributed by atoms with E-state index in [1.54, 1.807) is 30.3 Å². The minimum absolute atomic E-state index is 0.0295. The van der Waals surface area contributed by atoms with Crippen LogP contribution in [0.2, 0.25) is 10.0 Å². The molecule has 3 rings (SSSR count). The van der Waals surface area contributed by atoms with Gasteiger partial charge in [0.25, 0.3) is 11.8 Å². The zero-order chi connectivity index (χ0) is 19.6. The third-order valence-corrected chi connectivity index (χ3v) is 4.85. The van der Waals surface area contributed by atoms with Crippen molar-refractivity contribution >= 4 is 56.8 Å². The summed E-state index contributed by atoms with van der Waals surface area (Å²) >= 11 is 15.3. The first-order valence-electron chi connectivity index (χ1n) is 7.46. The van der Waals surface area contributed by atoms with Crippen molar-refractivity contribution in [2.75, 3.05) is 5.32 Å². The van der Waals surface area contributed by atoms with E-state index in [0.717, 1.165) is 4.68 Å². The third kappa shape index (κ3) is 3.88. The summed E-state index contributed by atoms with van der Waals surface area (Å²) in [7, 11) is 0. The van der Waals surface area contributed by atoms with E-state index in [1.165, 1.54) is 18.3 Å². The highest BCUT2D eigenvalue weighted by atomic mass is 79.9.